The zero-order valence-corrected chi connectivity index (χ0v) is 16.5. The topological polar surface area (TPSA) is 91.3 Å². The van der Waals surface area contributed by atoms with Crippen LogP contribution in [0.5, 0.6) is 5.75 Å². The van der Waals surface area contributed by atoms with E-state index in [4.69, 9.17) is 9.26 Å². The van der Waals surface area contributed by atoms with E-state index < -0.39 is 4.92 Å². The van der Waals surface area contributed by atoms with Crippen molar-refractivity contribution in [3.05, 3.63) is 93.5 Å². The molecule has 0 aliphatic rings. The summed E-state index contributed by atoms with van der Waals surface area (Å²) in [6.45, 7) is 4.52. The van der Waals surface area contributed by atoms with Crippen molar-refractivity contribution >= 4 is 5.69 Å². The van der Waals surface area contributed by atoms with Gasteiger partial charge in [0.1, 0.15) is 12.4 Å². The Morgan fingerprint density at radius 3 is 2.20 bits per heavy atom. The minimum absolute atomic E-state index is 0.0150. The smallest absolute Gasteiger partial charge is 0.269 e. The van der Waals surface area contributed by atoms with E-state index >= 15 is 0 Å². The fourth-order valence-electron chi connectivity index (χ4n) is 3.12. The second-order valence-corrected chi connectivity index (χ2v) is 6.93. The fraction of sp³-hybridized carbons (Fsp3) is 0.130. The molecule has 0 spiro atoms. The molecule has 7 nitrogen and oxygen atoms in total. The number of non-ortho nitro benzene ring substituents is 1. The lowest BCUT2D eigenvalue weighted by molar-refractivity contribution is -0.384. The van der Waals surface area contributed by atoms with Crippen molar-refractivity contribution in [1.29, 1.82) is 0 Å². The van der Waals surface area contributed by atoms with Gasteiger partial charge in [-0.25, -0.2) is 0 Å². The second-order valence-electron chi connectivity index (χ2n) is 6.93. The Hall–Kier alpha value is -4.00. The summed E-state index contributed by atoms with van der Waals surface area (Å²) < 4.78 is 11.3. The van der Waals surface area contributed by atoms with Gasteiger partial charge in [0.15, 0.2) is 0 Å². The molecule has 0 saturated carbocycles. The number of aryl methyl sites for hydroxylation is 2. The van der Waals surface area contributed by atoms with Crippen molar-refractivity contribution in [2.75, 3.05) is 0 Å². The number of nitro groups is 1. The van der Waals surface area contributed by atoms with E-state index in [2.05, 4.69) is 10.1 Å². The van der Waals surface area contributed by atoms with E-state index in [9.17, 15) is 10.1 Å². The maximum Gasteiger partial charge on any atom is 0.269 e. The van der Waals surface area contributed by atoms with E-state index in [-0.39, 0.29) is 5.69 Å². The van der Waals surface area contributed by atoms with Gasteiger partial charge >= 0.3 is 0 Å². The van der Waals surface area contributed by atoms with E-state index in [0.29, 0.717) is 23.9 Å². The molecule has 0 aliphatic heterocycles. The highest BCUT2D eigenvalue weighted by molar-refractivity contribution is 5.61. The number of hydrogen-bond donors (Lipinski definition) is 0. The highest BCUT2D eigenvalue weighted by Crippen LogP contribution is 2.26. The van der Waals surface area contributed by atoms with Crippen LogP contribution >= 0.6 is 0 Å². The van der Waals surface area contributed by atoms with E-state index in [1.807, 2.05) is 56.3 Å². The molecule has 0 bridgehead atoms. The summed E-state index contributed by atoms with van der Waals surface area (Å²) in [6, 6.07) is 19.8. The number of hydrogen-bond acceptors (Lipinski definition) is 6. The molecule has 0 amide bonds. The second kappa shape index (κ2) is 8.16. The molecule has 3 aromatic carbocycles. The lowest BCUT2D eigenvalue weighted by Crippen LogP contribution is -1.98. The van der Waals surface area contributed by atoms with E-state index in [1.165, 1.54) is 12.1 Å². The Labute approximate surface area is 173 Å². The van der Waals surface area contributed by atoms with Crippen LogP contribution in [0, 0.1) is 24.0 Å². The molecule has 0 unspecified atom stereocenters. The summed E-state index contributed by atoms with van der Waals surface area (Å²) in [5.41, 5.74) is 4.69. The Morgan fingerprint density at radius 2 is 1.57 bits per heavy atom. The van der Waals surface area contributed by atoms with Crippen molar-refractivity contribution in [2.24, 2.45) is 0 Å². The summed E-state index contributed by atoms with van der Waals surface area (Å²) in [4.78, 5) is 14.7. The van der Waals surface area contributed by atoms with Crippen molar-refractivity contribution in [1.82, 2.24) is 10.1 Å². The van der Waals surface area contributed by atoms with Gasteiger partial charge in [-0.2, -0.15) is 4.98 Å². The van der Waals surface area contributed by atoms with Crippen LogP contribution in [-0.2, 0) is 6.61 Å². The number of rotatable bonds is 6. The monoisotopic (exact) mass is 401 g/mol. The normalized spacial score (nSPS) is 10.7. The van der Waals surface area contributed by atoms with Crippen LogP contribution in [0.15, 0.2) is 71.3 Å². The molecular weight excluding hydrogens is 382 g/mol. The summed E-state index contributed by atoms with van der Waals surface area (Å²) >= 11 is 0. The Kier molecular flexibility index (Phi) is 5.26. The highest BCUT2D eigenvalue weighted by Gasteiger charge is 2.12. The standard InChI is InChI=1S/C23H19N3O4/c1-15-4-3-5-16(2)21(15)29-14-17-6-8-19(9-7-17)23-24-22(25-30-23)18-10-12-20(13-11-18)26(27)28/h3-13H,14H2,1-2H3. The van der Waals surface area contributed by atoms with Crippen LogP contribution in [-0.4, -0.2) is 15.1 Å². The molecule has 1 heterocycles. The van der Waals surface area contributed by atoms with E-state index in [0.717, 1.165) is 28.0 Å². The Morgan fingerprint density at radius 1 is 0.933 bits per heavy atom. The molecule has 150 valence electrons. The van der Waals surface area contributed by atoms with Crippen molar-refractivity contribution in [3.8, 4) is 28.6 Å². The summed E-state index contributed by atoms with van der Waals surface area (Å²) in [7, 11) is 0. The summed E-state index contributed by atoms with van der Waals surface area (Å²) in [5, 5.41) is 14.7. The van der Waals surface area contributed by atoms with Crippen LogP contribution in [0.4, 0.5) is 5.69 Å². The molecule has 0 atom stereocenters. The van der Waals surface area contributed by atoms with Gasteiger partial charge in [0.05, 0.1) is 4.92 Å². The Balaban J connectivity index is 1.46. The third-order valence-corrected chi connectivity index (χ3v) is 4.76. The third-order valence-electron chi connectivity index (χ3n) is 4.76. The molecule has 0 saturated heterocycles. The first-order valence-corrected chi connectivity index (χ1v) is 9.38. The van der Waals surface area contributed by atoms with Crippen LogP contribution < -0.4 is 4.74 Å². The number of nitro benzene ring substituents is 1. The van der Waals surface area contributed by atoms with Gasteiger partial charge in [0.2, 0.25) is 5.82 Å². The number of aromatic nitrogens is 2. The lowest BCUT2D eigenvalue weighted by Gasteiger charge is -2.12. The van der Waals surface area contributed by atoms with Gasteiger partial charge in [0, 0.05) is 23.3 Å². The zero-order valence-electron chi connectivity index (χ0n) is 16.5. The van der Waals surface area contributed by atoms with Gasteiger partial charge in [-0.05, 0) is 54.8 Å². The quantitative estimate of drug-likeness (QED) is 0.313. The number of ether oxygens (including phenoxy) is 1. The predicted octanol–water partition coefficient (Wildman–Crippen LogP) is 5.51. The minimum Gasteiger partial charge on any atom is -0.488 e. The maximum atomic E-state index is 10.8. The third kappa shape index (κ3) is 4.05. The summed E-state index contributed by atoms with van der Waals surface area (Å²) in [6.07, 6.45) is 0. The molecule has 0 radical (unpaired) electrons. The Bertz CT molecular complexity index is 1160. The lowest BCUT2D eigenvalue weighted by atomic mass is 10.1. The zero-order chi connectivity index (χ0) is 21.1. The van der Waals surface area contributed by atoms with Crippen molar-refractivity contribution in [3.63, 3.8) is 0 Å². The molecular formula is C23H19N3O4. The molecule has 4 aromatic rings. The van der Waals surface area contributed by atoms with Gasteiger partial charge < -0.3 is 9.26 Å². The molecule has 1 aromatic heterocycles. The molecule has 0 fully saturated rings. The largest absolute Gasteiger partial charge is 0.488 e. The van der Waals surface area contributed by atoms with Gasteiger partial charge in [0.25, 0.3) is 11.6 Å². The fourth-order valence-corrected chi connectivity index (χ4v) is 3.12. The molecule has 0 N–H and O–H groups in total. The van der Waals surface area contributed by atoms with Crippen molar-refractivity contribution < 1.29 is 14.2 Å². The molecule has 0 aliphatic carbocycles. The van der Waals surface area contributed by atoms with Crippen molar-refractivity contribution in [2.45, 2.75) is 20.5 Å². The first kappa shape index (κ1) is 19.3. The van der Waals surface area contributed by atoms with Gasteiger partial charge in [-0.15, -0.1) is 0 Å². The van der Waals surface area contributed by atoms with Crippen LogP contribution in [0.1, 0.15) is 16.7 Å². The van der Waals surface area contributed by atoms with Crippen LogP contribution in [0.3, 0.4) is 0 Å². The number of nitrogens with zero attached hydrogens (tertiary/aromatic N) is 3. The van der Waals surface area contributed by atoms with Gasteiger partial charge in [-0.1, -0.05) is 35.5 Å². The molecule has 7 heteroatoms. The van der Waals surface area contributed by atoms with Crippen LogP contribution in [0.2, 0.25) is 0 Å². The number of para-hydroxylation sites is 1. The van der Waals surface area contributed by atoms with Crippen LogP contribution in [0.25, 0.3) is 22.8 Å². The predicted molar refractivity (Wildman–Crippen MR) is 112 cm³/mol. The average Bonchev–Trinajstić information content (AvgIpc) is 3.24. The molecule has 30 heavy (non-hydrogen) atoms. The first-order valence-electron chi connectivity index (χ1n) is 9.38. The number of benzene rings is 3. The highest BCUT2D eigenvalue weighted by atomic mass is 16.6. The minimum atomic E-state index is -0.447. The molecule has 4 rings (SSSR count). The van der Waals surface area contributed by atoms with E-state index in [1.54, 1.807) is 12.1 Å². The first-order chi connectivity index (χ1) is 14.5. The average molecular weight is 401 g/mol. The summed E-state index contributed by atoms with van der Waals surface area (Å²) in [5.74, 6) is 1.67. The SMILES string of the molecule is Cc1cccc(C)c1OCc1ccc(-c2nc(-c3ccc([N+](=O)[O-])cc3)no2)cc1. The van der Waals surface area contributed by atoms with Gasteiger partial charge in [-0.3, -0.25) is 10.1 Å². The maximum absolute atomic E-state index is 10.8.